The topological polar surface area (TPSA) is 121 Å². The summed E-state index contributed by atoms with van der Waals surface area (Å²) in [5.74, 6) is -0.379. The van der Waals surface area contributed by atoms with E-state index in [1.807, 2.05) is 39.0 Å². The van der Waals surface area contributed by atoms with Crippen LogP contribution in [0.3, 0.4) is 0 Å². The van der Waals surface area contributed by atoms with Gasteiger partial charge in [-0.25, -0.2) is 4.79 Å². The molecule has 0 fully saturated rings. The van der Waals surface area contributed by atoms with Crippen LogP contribution in [0.15, 0.2) is 48.5 Å². The lowest BCUT2D eigenvalue weighted by atomic mass is 9.96. The van der Waals surface area contributed by atoms with E-state index in [0.29, 0.717) is 23.4 Å². The number of aryl methyl sites for hydroxylation is 1. The third-order valence-electron chi connectivity index (χ3n) is 5.62. The molecule has 0 aliphatic carbocycles. The molecule has 0 spiro atoms. The molecule has 2 aromatic carbocycles. The third-order valence-corrected chi connectivity index (χ3v) is 5.62. The van der Waals surface area contributed by atoms with E-state index in [1.165, 1.54) is 4.90 Å². The van der Waals surface area contributed by atoms with Gasteiger partial charge in [0.25, 0.3) is 5.91 Å². The van der Waals surface area contributed by atoms with Gasteiger partial charge in [-0.2, -0.15) is 5.26 Å². The zero-order valence-corrected chi connectivity index (χ0v) is 23.2. The highest BCUT2D eigenvalue weighted by Gasteiger charge is 2.37. The van der Waals surface area contributed by atoms with Crippen molar-refractivity contribution >= 4 is 23.6 Å². The van der Waals surface area contributed by atoms with Gasteiger partial charge >= 0.3 is 6.09 Å². The van der Waals surface area contributed by atoms with Crippen LogP contribution in [0.5, 0.6) is 5.75 Å². The van der Waals surface area contributed by atoms with Crippen molar-refractivity contribution in [2.75, 3.05) is 19.0 Å². The van der Waals surface area contributed by atoms with E-state index >= 15 is 0 Å². The fraction of sp³-hybridized carbons (Fsp3) is 0.448. The van der Waals surface area contributed by atoms with Crippen molar-refractivity contribution in [2.24, 2.45) is 5.92 Å². The molecular formula is C29H38N4O5. The molecule has 0 aromatic heterocycles. The first-order valence-electron chi connectivity index (χ1n) is 12.5. The van der Waals surface area contributed by atoms with E-state index in [1.54, 1.807) is 64.3 Å². The fourth-order valence-electron chi connectivity index (χ4n) is 3.94. The van der Waals surface area contributed by atoms with Gasteiger partial charge in [0.15, 0.2) is 0 Å². The number of nitriles is 1. The molecule has 3 amide bonds. The van der Waals surface area contributed by atoms with Crippen LogP contribution in [-0.2, 0) is 14.3 Å². The van der Waals surface area contributed by atoms with Gasteiger partial charge in [-0.05, 0) is 75.4 Å². The maximum atomic E-state index is 13.9. The number of hydrogen-bond donors (Lipinski definition) is 2. The second-order valence-corrected chi connectivity index (χ2v) is 10.4. The van der Waals surface area contributed by atoms with Gasteiger partial charge in [-0.3, -0.25) is 9.59 Å². The molecule has 2 atom stereocenters. The van der Waals surface area contributed by atoms with Gasteiger partial charge in [0.1, 0.15) is 30.0 Å². The molecule has 0 saturated carbocycles. The summed E-state index contributed by atoms with van der Waals surface area (Å²) in [7, 11) is 1.55. The van der Waals surface area contributed by atoms with Crippen molar-refractivity contribution in [1.82, 2.24) is 10.2 Å². The number of ether oxygens (including phenoxy) is 2. The minimum absolute atomic E-state index is 0.0351. The van der Waals surface area contributed by atoms with Gasteiger partial charge in [-0.1, -0.05) is 38.1 Å². The van der Waals surface area contributed by atoms with Crippen molar-refractivity contribution in [3.05, 3.63) is 59.7 Å². The molecule has 0 aliphatic heterocycles. The van der Waals surface area contributed by atoms with E-state index in [-0.39, 0.29) is 12.5 Å². The van der Waals surface area contributed by atoms with E-state index < -0.39 is 35.6 Å². The number of amides is 3. The summed E-state index contributed by atoms with van der Waals surface area (Å²) in [5.41, 5.74) is 1.09. The number of methoxy groups -OCH3 is 1. The maximum absolute atomic E-state index is 13.9. The first-order valence-corrected chi connectivity index (χ1v) is 12.5. The lowest BCUT2D eigenvalue weighted by molar-refractivity contribution is -0.140. The summed E-state index contributed by atoms with van der Waals surface area (Å²) in [6.45, 7) is 10.5. The molecule has 0 aliphatic rings. The lowest BCUT2D eigenvalue weighted by Crippen LogP contribution is -2.53. The van der Waals surface area contributed by atoms with Gasteiger partial charge in [0.05, 0.1) is 13.2 Å². The summed E-state index contributed by atoms with van der Waals surface area (Å²) in [6.07, 6.45) is -0.454. The zero-order chi connectivity index (χ0) is 28.5. The Morgan fingerprint density at radius 1 is 1.05 bits per heavy atom. The molecule has 9 nitrogen and oxygen atoms in total. The highest BCUT2D eigenvalue weighted by Crippen LogP contribution is 2.28. The molecule has 0 heterocycles. The highest BCUT2D eigenvalue weighted by molar-refractivity contribution is 5.99. The first-order chi connectivity index (χ1) is 17.9. The average Bonchev–Trinajstić information content (AvgIpc) is 2.83. The van der Waals surface area contributed by atoms with Gasteiger partial charge in [0, 0.05) is 5.69 Å². The minimum Gasteiger partial charge on any atom is -0.497 e. The van der Waals surface area contributed by atoms with Crippen LogP contribution in [0.25, 0.3) is 0 Å². The third kappa shape index (κ3) is 8.80. The van der Waals surface area contributed by atoms with Crippen LogP contribution in [0.2, 0.25) is 0 Å². The van der Waals surface area contributed by atoms with Crippen LogP contribution in [-0.4, -0.2) is 48.1 Å². The van der Waals surface area contributed by atoms with Crippen LogP contribution in [0.4, 0.5) is 10.5 Å². The molecule has 2 unspecified atom stereocenters. The van der Waals surface area contributed by atoms with Crippen molar-refractivity contribution in [3.8, 4) is 11.8 Å². The Labute approximate surface area is 225 Å². The first kappa shape index (κ1) is 30.2. The summed E-state index contributed by atoms with van der Waals surface area (Å²) >= 11 is 0. The quantitative estimate of drug-likeness (QED) is 0.425. The summed E-state index contributed by atoms with van der Waals surface area (Å²) in [5, 5.41) is 15.2. The van der Waals surface area contributed by atoms with Gasteiger partial charge in [-0.15, -0.1) is 0 Å². The zero-order valence-electron chi connectivity index (χ0n) is 23.2. The highest BCUT2D eigenvalue weighted by atomic mass is 16.6. The van der Waals surface area contributed by atoms with Crippen molar-refractivity contribution in [2.45, 2.75) is 65.6 Å². The van der Waals surface area contributed by atoms with Crippen LogP contribution in [0.1, 0.15) is 58.2 Å². The number of alkyl carbamates (subject to hydrolysis) is 1. The van der Waals surface area contributed by atoms with E-state index in [9.17, 15) is 19.6 Å². The Morgan fingerprint density at radius 3 is 2.21 bits per heavy atom. The minimum atomic E-state index is -1.12. The molecule has 38 heavy (non-hydrogen) atoms. The number of anilines is 1. The standard InChI is InChI=1S/C29H38N4O5/c1-19(2)18-24(32-28(36)38-29(4,5)6)27(35)33(17-16-30)25(23-11-9-8-10-20(23)3)26(34)31-21-12-14-22(37-7)15-13-21/h8-15,19,24-25H,17-18H2,1-7H3,(H,31,34)(H,32,36). The molecule has 0 radical (unpaired) electrons. The number of rotatable bonds is 10. The summed E-state index contributed by atoms with van der Waals surface area (Å²) < 4.78 is 10.6. The Bertz CT molecular complexity index is 1150. The second-order valence-electron chi connectivity index (χ2n) is 10.4. The maximum Gasteiger partial charge on any atom is 0.408 e. The SMILES string of the molecule is COc1ccc(NC(=O)C(c2ccccc2C)N(CC#N)C(=O)C(CC(C)C)NC(=O)OC(C)(C)C)cc1. The Morgan fingerprint density at radius 2 is 1.68 bits per heavy atom. The van der Waals surface area contributed by atoms with Crippen molar-refractivity contribution in [3.63, 3.8) is 0 Å². The number of nitrogens with one attached hydrogen (secondary N) is 2. The Kier molecular flexibility index (Phi) is 10.7. The second kappa shape index (κ2) is 13.5. The molecule has 2 N–H and O–H groups in total. The largest absolute Gasteiger partial charge is 0.497 e. The lowest BCUT2D eigenvalue weighted by Gasteiger charge is -2.34. The molecule has 0 saturated heterocycles. The Hall–Kier alpha value is -4.06. The fourth-order valence-corrected chi connectivity index (χ4v) is 3.94. The predicted octanol–water partition coefficient (Wildman–Crippen LogP) is 4.98. The monoisotopic (exact) mass is 522 g/mol. The van der Waals surface area contributed by atoms with E-state index in [4.69, 9.17) is 9.47 Å². The smallest absolute Gasteiger partial charge is 0.408 e. The number of hydrogen-bond acceptors (Lipinski definition) is 6. The number of carbonyl (C=O) groups excluding carboxylic acids is 3. The van der Waals surface area contributed by atoms with Crippen molar-refractivity contribution in [1.29, 1.82) is 5.26 Å². The summed E-state index contributed by atoms with van der Waals surface area (Å²) in [6, 6.07) is 13.9. The number of carbonyl (C=O) groups is 3. The number of nitrogens with zero attached hydrogens (tertiary/aromatic N) is 2. The van der Waals surface area contributed by atoms with Gasteiger partial charge in [0.2, 0.25) is 5.91 Å². The number of benzene rings is 2. The van der Waals surface area contributed by atoms with Crippen LogP contribution in [0, 0.1) is 24.2 Å². The van der Waals surface area contributed by atoms with Crippen LogP contribution < -0.4 is 15.4 Å². The van der Waals surface area contributed by atoms with E-state index in [0.717, 1.165) is 5.56 Å². The van der Waals surface area contributed by atoms with Gasteiger partial charge < -0.3 is 25.0 Å². The summed E-state index contributed by atoms with van der Waals surface area (Å²) in [4.78, 5) is 41.5. The molecule has 2 aromatic rings. The average molecular weight is 523 g/mol. The van der Waals surface area contributed by atoms with E-state index in [2.05, 4.69) is 10.6 Å². The Balaban J connectivity index is 2.50. The molecule has 2 rings (SSSR count). The van der Waals surface area contributed by atoms with Crippen molar-refractivity contribution < 1.29 is 23.9 Å². The predicted molar refractivity (Wildman–Crippen MR) is 145 cm³/mol. The molecule has 9 heteroatoms. The molecule has 0 bridgehead atoms. The molecular weight excluding hydrogens is 484 g/mol. The van der Waals surface area contributed by atoms with Crippen LogP contribution >= 0.6 is 0 Å². The normalized spacial score (nSPS) is 12.6. The molecule has 204 valence electrons.